The number of halogens is 1. The molecular formula is C29H24ClN3O7. The number of carbonyl (C=O) groups excluding carboxylic acids is 4. The number of hydrazine groups is 1. The maximum atomic E-state index is 13.6. The predicted octanol–water partition coefficient (Wildman–Crippen LogP) is 5.46. The van der Waals surface area contributed by atoms with Gasteiger partial charge in [-0.05, 0) is 61.4 Å². The second kappa shape index (κ2) is 11.3. The molecule has 0 radical (unpaired) electrons. The van der Waals surface area contributed by atoms with Crippen LogP contribution in [0.15, 0.2) is 72.8 Å². The van der Waals surface area contributed by atoms with Gasteiger partial charge in [0.25, 0.3) is 23.4 Å². The molecule has 2 aliphatic rings. The number of amides is 3. The lowest BCUT2D eigenvalue weighted by atomic mass is 9.81. The van der Waals surface area contributed by atoms with Gasteiger partial charge in [-0.2, -0.15) is 5.01 Å². The molecule has 0 N–H and O–H groups in total. The quantitative estimate of drug-likeness (QED) is 0.155. The number of hydrogen-bond donors (Lipinski definition) is 0. The Balaban J connectivity index is 1.37. The van der Waals surface area contributed by atoms with Gasteiger partial charge in [0.15, 0.2) is 5.78 Å². The van der Waals surface area contributed by atoms with E-state index in [-0.39, 0.29) is 21.8 Å². The fourth-order valence-electron chi connectivity index (χ4n) is 5.10. The summed E-state index contributed by atoms with van der Waals surface area (Å²) in [5, 5.41) is 12.7. The van der Waals surface area contributed by atoms with E-state index in [1.54, 1.807) is 12.1 Å². The number of nitro benzene ring substituents is 1. The zero-order valence-electron chi connectivity index (χ0n) is 21.2. The molecule has 10 nitrogen and oxygen atoms in total. The molecule has 1 aliphatic carbocycles. The summed E-state index contributed by atoms with van der Waals surface area (Å²) in [6.45, 7) is -0.552. The van der Waals surface area contributed by atoms with E-state index in [1.807, 2.05) is 0 Å². The van der Waals surface area contributed by atoms with E-state index < -0.39 is 46.8 Å². The number of non-ortho nitro benzene ring substituents is 1. The standard InChI is InChI=1S/C29H24ClN3O7/c30-25-8-4-3-7-24(25)27(35)31(32-28(36)22-5-1-2-6-23(22)29(32)37)17-26(34)18-9-13-20(14-10-18)40-21-15-11-19(12-16-21)33(38)39/h3-4,7-16,22-23H,1-2,5-6,17H2/t22-,23-/m0/s1. The first-order valence-electron chi connectivity index (χ1n) is 12.7. The van der Waals surface area contributed by atoms with Crippen molar-refractivity contribution in [1.29, 1.82) is 0 Å². The first-order chi connectivity index (χ1) is 19.2. The highest BCUT2D eigenvalue weighted by molar-refractivity contribution is 6.34. The maximum absolute atomic E-state index is 13.6. The van der Waals surface area contributed by atoms with Gasteiger partial charge in [0, 0.05) is 17.7 Å². The number of carbonyl (C=O) groups is 4. The highest BCUT2D eigenvalue weighted by atomic mass is 35.5. The van der Waals surface area contributed by atoms with Gasteiger partial charge in [-0.1, -0.05) is 36.6 Å². The Morgan fingerprint density at radius 1 is 0.900 bits per heavy atom. The minimum Gasteiger partial charge on any atom is -0.457 e. The third-order valence-electron chi connectivity index (χ3n) is 7.15. The Hall–Kier alpha value is -4.57. The van der Waals surface area contributed by atoms with Crippen molar-refractivity contribution in [3.05, 3.63) is 99.1 Å². The van der Waals surface area contributed by atoms with Crippen molar-refractivity contribution >= 4 is 40.8 Å². The molecule has 3 amide bonds. The summed E-state index contributed by atoms with van der Waals surface area (Å²) >= 11 is 6.26. The number of Topliss-reactive ketones (excluding diaryl/α,β-unsaturated/α-hetero) is 1. The van der Waals surface area contributed by atoms with E-state index in [1.165, 1.54) is 60.7 Å². The molecule has 0 bridgehead atoms. The lowest BCUT2D eigenvalue weighted by Gasteiger charge is -2.30. The molecule has 40 heavy (non-hydrogen) atoms. The lowest BCUT2D eigenvalue weighted by molar-refractivity contribution is -0.384. The number of hydrogen-bond acceptors (Lipinski definition) is 7. The van der Waals surface area contributed by atoms with Gasteiger partial charge in [-0.3, -0.25) is 29.3 Å². The molecule has 2 atom stereocenters. The summed E-state index contributed by atoms with van der Waals surface area (Å²) in [5.74, 6) is -2.45. The summed E-state index contributed by atoms with van der Waals surface area (Å²) < 4.78 is 5.69. The maximum Gasteiger partial charge on any atom is 0.274 e. The van der Waals surface area contributed by atoms with E-state index in [4.69, 9.17) is 16.3 Å². The van der Waals surface area contributed by atoms with E-state index in [9.17, 15) is 29.3 Å². The summed E-state index contributed by atoms with van der Waals surface area (Å²) in [4.78, 5) is 63.9. The smallest absolute Gasteiger partial charge is 0.274 e. The van der Waals surface area contributed by atoms with Crippen molar-refractivity contribution in [2.24, 2.45) is 11.8 Å². The zero-order valence-corrected chi connectivity index (χ0v) is 22.0. The van der Waals surface area contributed by atoms with Crippen LogP contribution in [0.2, 0.25) is 5.02 Å². The Kier molecular flexibility index (Phi) is 7.61. The van der Waals surface area contributed by atoms with Crippen LogP contribution < -0.4 is 4.74 Å². The Labute approximate surface area is 234 Å². The third-order valence-corrected chi connectivity index (χ3v) is 7.48. The molecule has 3 aromatic rings. The van der Waals surface area contributed by atoms with Gasteiger partial charge in [0.1, 0.15) is 18.0 Å². The number of rotatable bonds is 8. The average Bonchev–Trinajstić information content (AvgIpc) is 3.21. The van der Waals surface area contributed by atoms with Gasteiger partial charge >= 0.3 is 0 Å². The van der Waals surface area contributed by atoms with E-state index in [0.717, 1.165) is 22.9 Å². The number of ether oxygens (including phenoxy) is 1. The second-order valence-corrected chi connectivity index (χ2v) is 10.0. The van der Waals surface area contributed by atoms with E-state index in [0.29, 0.717) is 24.3 Å². The highest BCUT2D eigenvalue weighted by Gasteiger charge is 2.52. The molecule has 204 valence electrons. The number of nitrogens with zero attached hydrogens (tertiary/aromatic N) is 3. The summed E-state index contributed by atoms with van der Waals surface area (Å²) in [5.41, 5.74) is 0.224. The summed E-state index contributed by atoms with van der Waals surface area (Å²) in [6, 6.07) is 17.9. The van der Waals surface area contributed by atoms with Crippen molar-refractivity contribution in [2.45, 2.75) is 25.7 Å². The number of ketones is 1. The monoisotopic (exact) mass is 561 g/mol. The zero-order chi connectivity index (χ0) is 28.4. The fourth-order valence-corrected chi connectivity index (χ4v) is 5.31. The molecule has 3 aromatic carbocycles. The second-order valence-electron chi connectivity index (χ2n) is 9.63. The topological polar surface area (TPSA) is 127 Å². The van der Waals surface area contributed by atoms with Gasteiger partial charge in [0.05, 0.1) is 27.3 Å². The van der Waals surface area contributed by atoms with Crippen LogP contribution in [0.4, 0.5) is 5.69 Å². The van der Waals surface area contributed by atoms with Crippen LogP contribution in [0, 0.1) is 22.0 Å². The Morgan fingerprint density at radius 2 is 1.45 bits per heavy atom. The van der Waals surface area contributed by atoms with Crippen LogP contribution in [0.25, 0.3) is 0 Å². The molecule has 1 saturated carbocycles. The molecule has 5 rings (SSSR count). The van der Waals surface area contributed by atoms with Crippen molar-refractivity contribution in [2.75, 3.05) is 6.54 Å². The van der Waals surface area contributed by atoms with Crippen LogP contribution >= 0.6 is 11.6 Å². The third kappa shape index (κ3) is 5.30. The molecule has 0 aromatic heterocycles. The molecule has 2 fully saturated rings. The number of fused-ring (bicyclic) bond motifs is 1. The number of benzene rings is 3. The van der Waals surface area contributed by atoms with Gasteiger partial charge in [-0.25, -0.2) is 5.01 Å². The van der Waals surface area contributed by atoms with Crippen molar-refractivity contribution in [1.82, 2.24) is 10.0 Å². The van der Waals surface area contributed by atoms with Gasteiger partial charge in [0.2, 0.25) is 0 Å². The van der Waals surface area contributed by atoms with Crippen molar-refractivity contribution in [3.8, 4) is 11.5 Å². The molecule has 1 saturated heterocycles. The molecular weight excluding hydrogens is 538 g/mol. The molecule has 1 heterocycles. The van der Waals surface area contributed by atoms with Gasteiger partial charge in [-0.15, -0.1) is 0 Å². The molecule has 0 spiro atoms. The molecule has 1 aliphatic heterocycles. The summed E-state index contributed by atoms with van der Waals surface area (Å²) in [6.07, 6.45) is 2.76. The van der Waals surface area contributed by atoms with Crippen molar-refractivity contribution in [3.63, 3.8) is 0 Å². The largest absolute Gasteiger partial charge is 0.457 e. The summed E-state index contributed by atoms with van der Waals surface area (Å²) in [7, 11) is 0. The Bertz CT molecular complexity index is 1470. The normalized spacial score (nSPS) is 18.3. The van der Waals surface area contributed by atoms with Crippen LogP contribution in [-0.2, 0) is 9.59 Å². The predicted molar refractivity (Wildman–Crippen MR) is 144 cm³/mol. The fraction of sp³-hybridized carbons (Fsp3) is 0.241. The van der Waals surface area contributed by atoms with Crippen LogP contribution in [0.1, 0.15) is 46.4 Å². The van der Waals surface area contributed by atoms with Crippen LogP contribution in [-0.4, -0.2) is 45.0 Å². The number of nitro groups is 1. The first-order valence-corrected chi connectivity index (χ1v) is 13.1. The highest BCUT2D eigenvalue weighted by Crippen LogP contribution is 2.39. The molecule has 0 unspecified atom stereocenters. The minimum absolute atomic E-state index is 0.0688. The first kappa shape index (κ1) is 27.0. The van der Waals surface area contributed by atoms with Crippen LogP contribution in [0.5, 0.6) is 11.5 Å². The minimum atomic E-state index is -0.725. The SMILES string of the molecule is O=C(CN(C(=O)c1ccccc1Cl)N1C(=O)[C@H]2CCCC[C@@H]2C1=O)c1ccc(Oc2ccc([N+](=O)[O-])cc2)cc1. The number of imide groups is 1. The molecule has 11 heteroatoms. The Morgan fingerprint density at radius 3 is 2.00 bits per heavy atom. The van der Waals surface area contributed by atoms with Crippen LogP contribution in [0.3, 0.4) is 0 Å². The van der Waals surface area contributed by atoms with E-state index in [2.05, 4.69) is 0 Å². The van der Waals surface area contributed by atoms with Crippen molar-refractivity contribution < 1.29 is 28.8 Å². The van der Waals surface area contributed by atoms with Gasteiger partial charge < -0.3 is 4.74 Å². The lowest BCUT2D eigenvalue weighted by Crippen LogP contribution is -2.52. The van der Waals surface area contributed by atoms with E-state index >= 15 is 0 Å². The average molecular weight is 562 g/mol.